The summed E-state index contributed by atoms with van der Waals surface area (Å²) in [5.41, 5.74) is 0. The van der Waals surface area contributed by atoms with Crippen LogP contribution in [0.1, 0.15) is 20.3 Å². The maximum Gasteiger partial charge on any atom is 0.0543 e. The Balaban J connectivity index is 2.95. The topological polar surface area (TPSA) is 20.2 Å². The van der Waals surface area contributed by atoms with E-state index in [-0.39, 0.29) is 6.10 Å². The SMILES string of the molecule is [CH2]C(O)CC(C)C. The van der Waals surface area contributed by atoms with E-state index in [1.165, 1.54) is 0 Å². The molecule has 1 nitrogen and oxygen atoms in total. The van der Waals surface area contributed by atoms with Crippen molar-refractivity contribution in [3.8, 4) is 0 Å². The molecule has 0 aliphatic rings. The van der Waals surface area contributed by atoms with Gasteiger partial charge in [0.25, 0.3) is 0 Å². The first-order valence-corrected chi connectivity index (χ1v) is 2.64. The van der Waals surface area contributed by atoms with E-state index in [1.54, 1.807) is 0 Å². The maximum atomic E-state index is 8.61. The second-order valence-electron chi connectivity index (χ2n) is 2.28. The van der Waals surface area contributed by atoms with Crippen molar-refractivity contribution < 1.29 is 5.11 Å². The van der Waals surface area contributed by atoms with Crippen molar-refractivity contribution in [2.45, 2.75) is 26.4 Å². The molecule has 0 aromatic carbocycles. The summed E-state index contributed by atoms with van der Waals surface area (Å²) in [6, 6.07) is 0. The van der Waals surface area contributed by atoms with E-state index < -0.39 is 0 Å². The standard InChI is InChI=1S/C6H13O/c1-5(2)4-6(3)7/h5-7H,3-4H2,1-2H3. The van der Waals surface area contributed by atoms with Crippen LogP contribution in [0.15, 0.2) is 0 Å². The molecule has 0 rings (SSSR count). The molecule has 0 saturated heterocycles. The average molecular weight is 101 g/mol. The van der Waals surface area contributed by atoms with Crippen LogP contribution in [-0.2, 0) is 0 Å². The molecule has 1 unspecified atom stereocenters. The van der Waals surface area contributed by atoms with Crippen molar-refractivity contribution in [1.29, 1.82) is 0 Å². The molecule has 0 amide bonds. The van der Waals surface area contributed by atoms with Gasteiger partial charge in [-0.25, -0.2) is 0 Å². The van der Waals surface area contributed by atoms with E-state index in [0.29, 0.717) is 5.92 Å². The Kier molecular flexibility index (Phi) is 3.01. The van der Waals surface area contributed by atoms with Crippen molar-refractivity contribution in [2.24, 2.45) is 5.92 Å². The van der Waals surface area contributed by atoms with Crippen molar-refractivity contribution >= 4 is 0 Å². The van der Waals surface area contributed by atoms with Crippen LogP contribution < -0.4 is 0 Å². The van der Waals surface area contributed by atoms with Crippen molar-refractivity contribution in [1.82, 2.24) is 0 Å². The summed E-state index contributed by atoms with van der Waals surface area (Å²) in [4.78, 5) is 0. The molecular weight excluding hydrogens is 88.1 g/mol. The minimum absolute atomic E-state index is 0.375. The van der Waals surface area contributed by atoms with E-state index in [9.17, 15) is 0 Å². The molecule has 1 N–H and O–H groups in total. The lowest BCUT2D eigenvalue weighted by Crippen LogP contribution is -2.03. The molecule has 0 aromatic rings. The second-order valence-corrected chi connectivity index (χ2v) is 2.28. The zero-order valence-corrected chi connectivity index (χ0v) is 5.02. The lowest BCUT2D eigenvalue weighted by molar-refractivity contribution is 0.192. The van der Waals surface area contributed by atoms with Crippen LogP contribution in [0, 0.1) is 12.8 Å². The fourth-order valence-electron chi connectivity index (χ4n) is 0.544. The van der Waals surface area contributed by atoms with Crippen LogP contribution >= 0.6 is 0 Å². The minimum atomic E-state index is -0.375. The highest BCUT2D eigenvalue weighted by molar-refractivity contribution is 4.58. The smallest absolute Gasteiger partial charge is 0.0543 e. The molecule has 7 heavy (non-hydrogen) atoms. The number of rotatable bonds is 2. The zero-order valence-electron chi connectivity index (χ0n) is 5.02. The molecule has 0 aromatic heterocycles. The average Bonchev–Trinajstić information content (AvgIpc) is 1.27. The third kappa shape index (κ3) is 5.96. The predicted molar refractivity (Wildman–Crippen MR) is 30.8 cm³/mol. The van der Waals surface area contributed by atoms with Crippen LogP contribution in [0.2, 0.25) is 0 Å². The number of hydrogen-bond donors (Lipinski definition) is 1. The quantitative estimate of drug-likeness (QED) is 0.554. The van der Waals surface area contributed by atoms with Gasteiger partial charge in [-0.15, -0.1) is 0 Å². The van der Waals surface area contributed by atoms with Gasteiger partial charge < -0.3 is 5.11 Å². The Morgan fingerprint density at radius 1 is 1.57 bits per heavy atom. The van der Waals surface area contributed by atoms with Crippen LogP contribution in [0.5, 0.6) is 0 Å². The summed E-state index contributed by atoms with van der Waals surface area (Å²) in [6.45, 7) is 7.56. The first-order valence-electron chi connectivity index (χ1n) is 2.64. The molecule has 1 atom stereocenters. The van der Waals surface area contributed by atoms with Gasteiger partial charge in [0.05, 0.1) is 6.10 Å². The molecule has 0 spiro atoms. The van der Waals surface area contributed by atoms with Gasteiger partial charge in [0.15, 0.2) is 0 Å². The molecule has 43 valence electrons. The molecule has 0 heterocycles. The van der Waals surface area contributed by atoms with Crippen LogP contribution in [0.4, 0.5) is 0 Å². The molecule has 1 heteroatoms. The largest absolute Gasteiger partial charge is 0.393 e. The Bertz CT molecular complexity index is 33.4. The summed E-state index contributed by atoms with van der Waals surface area (Å²) in [6.07, 6.45) is 0.431. The van der Waals surface area contributed by atoms with E-state index in [0.717, 1.165) is 6.42 Å². The van der Waals surface area contributed by atoms with Gasteiger partial charge in [0.1, 0.15) is 0 Å². The van der Waals surface area contributed by atoms with Gasteiger partial charge in [-0.1, -0.05) is 13.8 Å². The maximum absolute atomic E-state index is 8.61. The summed E-state index contributed by atoms with van der Waals surface area (Å²) in [5.74, 6) is 0.562. The molecule has 0 aliphatic carbocycles. The number of aliphatic hydroxyl groups is 1. The van der Waals surface area contributed by atoms with Gasteiger partial charge in [0, 0.05) is 0 Å². The van der Waals surface area contributed by atoms with Crippen molar-refractivity contribution in [3.05, 3.63) is 6.92 Å². The predicted octanol–water partition coefficient (Wildman–Crippen LogP) is 1.23. The van der Waals surface area contributed by atoms with E-state index in [2.05, 4.69) is 20.8 Å². The normalized spacial score (nSPS) is 15.0. The van der Waals surface area contributed by atoms with Gasteiger partial charge in [-0.2, -0.15) is 0 Å². The fraction of sp³-hybridized carbons (Fsp3) is 0.833. The first-order chi connectivity index (χ1) is 3.13. The highest BCUT2D eigenvalue weighted by Gasteiger charge is 1.97. The van der Waals surface area contributed by atoms with Crippen molar-refractivity contribution in [2.75, 3.05) is 0 Å². The Labute approximate surface area is 45.4 Å². The first kappa shape index (κ1) is 6.96. The summed E-state index contributed by atoms with van der Waals surface area (Å²) < 4.78 is 0. The monoisotopic (exact) mass is 101 g/mol. The Hall–Kier alpha value is -0.0400. The molecular formula is C6H13O. The summed E-state index contributed by atoms with van der Waals surface area (Å²) in [7, 11) is 0. The number of aliphatic hydroxyl groups excluding tert-OH is 1. The van der Waals surface area contributed by atoms with E-state index >= 15 is 0 Å². The third-order valence-corrected chi connectivity index (χ3v) is 0.743. The molecule has 0 fully saturated rings. The van der Waals surface area contributed by atoms with E-state index in [4.69, 9.17) is 5.11 Å². The summed E-state index contributed by atoms with van der Waals surface area (Å²) in [5, 5.41) is 8.61. The van der Waals surface area contributed by atoms with Crippen LogP contribution in [0.3, 0.4) is 0 Å². The van der Waals surface area contributed by atoms with Crippen LogP contribution in [-0.4, -0.2) is 11.2 Å². The van der Waals surface area contributed by atoms with Gasteiger partial charge in [-0.3, -0.25) is 0 Å². The van der Waals surface area contributed by atoms with Gasteiger partial charge in [-0.05, 0) is 19.3 Å². The highest BCUT2D eigenvalue weighted by atomic mass is 16.3. The number of hydrogen-bond acceptors (Lipinski definition) is 1. The zero-order chi connectivity index (χ0) is 5.86. The minimum Gasteiger partial charge on any atom is -0.393 e. The van der Waals surface area contributed by atoms with Crippen LogP contribution in [0.25, 0.3) is 0 Å². The molecule has 0 saturated carbocycles. The van der Waals surface area contributed by atoms with Gasteiger partial charge in [0.2, 0.25) is 0 Å². The lowest BCUT2D eigenvalue weighted by Gasteiger charge is -2.04. The van der Waals surface area contributed by atoms with Crippen molar-refractivity contribution in [3.63, 3.8) is 0 Å². The molecule has 0 bridgehead atoms. The lowest BCUT2D eigenvalue weighted by atomic mass is 10.1. The second kappa shape index (κ2) is 3.03. The van der Waals surface area contributed by atoms with E-state index in [1.807, 2.05) is 0 Å². The summed E-state index contributed by atoms with van der Waals surface area (Å²) >= 11 is 0. The molecule has 0 aliphatic heterocycles. The fourth-order valence-corrected chi connectivity index (χ4v) is 0.544. The molecule has 1 radical (unpaired) electrons. The van der Waals surface area contributed by atoms with Gasteiger partial charge >= 0.3 is 0 Å². The third-order valence-electron chi connectivity index (χ3n) is 0.743. The Morgan fingerprint density at radius 3 is 2.00 bits per heavy atom. The highest BCUT2D eigenvalue weighted by Crippen LogP contribution is 2.01. The Morgan fingerprint density at radius 2 is 2.00 bits per heavy atom.